The highest BCUT2D eigenvalue weighted by Gasteiger charge is 2.21. The first-order valence-corrected chi connectivity index (χ1v) is 9.75. The van der Waals surface area contributed by atoms with Crippen molar-refractivity contribution >= 4 is 15.9 Å². The van der Waals surface area contributed by atoms with Gasteiger partial charge in [0.15, 0.2) is 0 Å². The number of rotatable bonds is 5. The molecule has 0 saturated heterocycles. The Morgan fingerprint density at radius 3 is 2.32 bits per heavy atom. The molecule has 2 rings (SSSR count). The van der Waals surface area contributed by atoms with Crippen LogP contribution in [0, 0.1) is 38.0 Å². The lowest BCUT2D eigenvalue weighted by molar-refractivity contribution is 0.509. The first-order chi connectivity index (χ1) is 11.7. The molecule has 0 unspecified atom stereocenters. The van der Waals surface area contributed by atoms with Gasteiger partial charge in [0.1, 0.15) is 11.0 Å². The fraction of sp³-hybridized carbons (Fsp3) is 0.350. The summed E-state index contributed by atoms with van der Waals surface area (Å²) in [5, 5.41) is 9.45. The normalized spacial score (nSPS) is 12.4. The molecule has 0 bridgehead atoms. The van der Waals surface area contributed by atoms with E-state index < -0.39 is 9.84 Å². The number of aryl methyl sites for hydroxylation is 2. The van der Waals surface area contributed by atoms with Gasteiger partial charge in [0.2, 0.25) is 9.84 Å². The lowest BCUT2D eigenvalue weighted by atomic mass is 10.2. The molecule has 0 saturated carbocycles. The summed E-state index contributed by atoms with van der Waals surface area (Å²) in [7, 11) is -3.82. The topological polar surface area (TPSA) is 62.9 Å². The van der Waals surface area contributed by atoms with Crippen LogP contribution in [0.2, 0.25) is 0 Å². The van der Waals surface area contributed by atoms with Crippen LogP contribution < -0.4 is 0 Å². The van der Waals surface area contributed by atoms with E-state index in [1.54, 1.807) is 12.1 Å². The molecule has 1 aromatic carbocycles. The van der Waals surface area contributed by atoms with E-state index >= 15 is 0 Å². The Kier molecular flexibility index (Phi) is 5.54. The summed E-state index contributed by atoms with van der Waals surface area (Å²) in [6, 6.07) is 10.3. The standard InChI is InChI=1S/C20H24N2O2S/c1-14(2)13-22-16(4)10-18(17(22)5)11-20(12-21)25(23,24)19-8-6-15(3)7-9-19/h6-11,14H,13H2,1-5H3/b20-11+. The number of benzene rings is 1. The van der Waals surface area contributed by atoms with E-state index in [0.29, 0.717) is 5.92 Å². The van der Waals surface area contributed by atoms with Crippen LogP contribution in [0.4, 0.5) is 0 Å². The highest BCUT2D eigenvalue weighted by atomic mass is 32.2. The lowest BCUT2D eigenvalue weighted by Crippen LogP contribution is -2.08. The van der Waals surface area contributed by atoms with Gasteiger partial charge < -0.3 is 4.57 Å². The summed E-state index contributed by atoms with van der Waals surface area (Å²) in [6.45, 7) is 11.0. The average molecular weight is 356 g/mol. The van der Waals surface area contributed by atoms with Gasteiger partial charge in [0.05, 0.1) is 4.90 Å². The Hall–Kier alpha value is -2.32. The number of nitriles is 1. The zero-order valence-electron chi connectivity index (χ0n) is 15.4. The van der Waals surface area contributed by atoms with Crippen LogP contribution in [0.25, 0.3) is 6.08 Å². The summed E-state index contributed by atoms with van der Waals surface area (Å²) in [6.07, 6.45) is 1.48. The van der Waals surface area contributed by atoms with Crippen molar-refractivity contribution in [2.24, 2.45) is 5.92 Å². The predicted octanol–water partition coefficient (Wildman–Crippen LogP) is 4.41. The fourth-order valence-electron chi connectivity index (χ4n) is 2.78. The molecule has 1 aromatic heterocycles. The molecule has 0 aliphatic rings. The summed E-state index contributed by atoms with van der Waals surface area (Å²) >= 11 is 0. The van der Waals surface area contributed by atoms with Gasteiger partial charge in [0.25, 0.3) is 0 Å². The van der Waals surface area contributed by atoms with Crippen molar-refractivity contribution in [3.05, 3.63) is 57.8 Å². The van der Waals surface area contributed by atoms with Crippen LogP contribution >= 0.6 is 0 Å². The van der Waals surface area contributed by atoms with Gasteiger partial charge in [0, 0.05) is 17.9 Å². The number of nitrogens with zero attached hydrogens (tertiary/aromatic N) is 2. The van der Waals surface area contributed by atoms with E-state index in [1.165, 1.54) is 18.2 Å². The third kappa shape index (κ3) is 4.02. The number of sulfone groups is 1. The predicted molar refractivity (Wildman–Crippen MR) is 101 cm³/mol. The van der Waals surface area contributed by atoms with Gasteiger partial charge in [-0.15, -0.1) is 0 Å². The number of allylic oxidation sites excluding steroid dienone is 1. The fourth-order valence-corrected chi connectivity index (χ4v) is 3.93. The first kappa shape index (κ1) is 19.0. The molecule has 0 N–H and O–H groups in total. The maximum absolute atomic E-state index is 12.8. The number of aromatic nitrogens is 1. The van der Waals surface area contributed by atoms with Crippen molar-refractivity contribution in [2.45, 2.75) is 46.1 Å². The van der Waals surface area contributed by atoms with Gasteiger partial charge in [-0.2, -0.15) is 5.26 Å². The van der Waals surface area contributed by atoms with E-state index in [2.05, 4.69) is 18.4 Å². The average Bonchev–Trinajstić information content (AvgIpc) is 2.80. The first-order valence-electron chi connectivity index (χ1n) is 8.27. The SMILES string of the molecule is Cc1ccc(S(=O)(=O)/C(C#N)=C/c2cc(C)n(CC(C)C)c2C)cc1. The third-order valence-electron chi connectivity index (χ3n) is 4.18. The highest BCUT2D eigenvalue weighted by molar-refractivity contribution is 7.95. The summed E-state index contributed by atoms with van der Waals surface area (Å²) in [5.74, 6) is 0.480. The molecular weight excluding hydrogens is 332 g/mol. The second kappa shape index (κ2) is 7.28. The Bertz CT molecular complexity index is 941. The number of hydrogen-bond acceptors (Lipinski definition) is 3. The summed E-state index contributed by atoms with van der Waals surface area (Å²) < 4.78 is 27.7. The summed E-state index contributed by atoms with van der Waals surface area (Å²) in [5.41, 5.74) is 3.77. The molecule has 1 heterocycles. The van der Waals surface area contributed by atoms with E-state index in [4.69, 9.17) is 0 Å². The molecule has 4 nitrogen and oxygen atoms in total. The van der Waals surface area contributed by atoms with Crippen LogP contribution in [0.1, 0.15) is 36.4 Å². The van der Waals surface area contributed by atoms with Crippen molar-refractivity contribution in [2.75, 3.05) is 0 Å². The van der Waals surface area contributed by atoms with E-state index in [1.807, 2.05) is 32.9 Å². The van der Waals surface area contributed by atoms with E-state index in [0.717, 1.165) is 29.1 Å². The second-order valence-electron chi connectivity index (χ2n) is 6.77. The molecule has 25 heavy (non-hydrogen) atoms. The van der Waals surface area contributed by atoms with Gasteiger partial charge in [-0.1, -0.05) is 31.5 Å². The molecule has 0 amide bonds. The molecular formula is C20H24N2O2S. The molecule has 0 fully saturated rings. The quantitative estimate of drug-likeness (QED) is 0.746. The minimum Gasteiger partial charge on any atom is -0.348 e. The van der Waals surface area contributed by atoms with Gasteiger partial charge in [-0.3, -0.25) is 0 Å². The van der Waals surface area contributed by atoms with E-state index in [-0.39, 0.29) is 9.80 Å². The maximum Gasteiger partial charge on any atom is 0.216 e. The van der Waals surface area contributed by atoms with Crippen LogP contribution in [0.15, 0.2) is 40.1 Å². The smallest absolute Gasteiger partial charge is 0.216 e. The Labute approximate surface area is 150 Å². The molecule has 0 aliphatic heterocycles. The Balaban J connectivity index is 2.51. The third-order valence-corrected chi connectivity index (χ3v) is 5.86. The Morgan fingerprint density at radius 1 is 1.20 bits per heavy atom. The number of hydrogen-bond donors (Lipinski definition) is 0. The van der Waals surface area contributed by atoms with Crippen molar-refractivity contribution in [1.82, 2.24) is 4.57 Å². The molecule has 2 aromatic rings. The van der Waals surface area contributed by atoms with Crippen LogP contribution in [-0.2, 0) is 16.4 Å². The maximum atomic E-state index is 12.8. The van der Waals surface area contributed by atoms with Gasteiger partial charge >= 0.3 is 0 Å². The largest absolute Gasteiger partial charge is 0.348 e. The van der Waals surface area contributed by atoms with Gasteiger partial charge in [-0.25, -0.2) is 8.42 Å². The van der Waals surface area contributed by atoms with Crippen LogP contribution in [0.5, 0.6) is 0 Å². The molecule has 132 valence electrons. The highest BCUT2D eigenvalue weighted by Crippen LogP contribution is 2.25. The van der Waals surface area contributed by atoms with Crippen molar-refractivity contribution in [3.8, 4) is 6.07 Å². The molecule has 0 radical (unpaired) electrons. The minimum atomic E-state index is -3.82. The van der Waals surface area contributed by atoms with Crippen molar-refractivity contribution < 1.29 is 8.42 Å². The van der Waals surface area contributed by atoms with Crippen LogP contribution in [0.3, 0.4) is 0 Å². The second-order valence-corrected chi connectivity index (χ2v) is 8.69. The molecule has 0 aliphatic carbocycles. The summed E-state index contributed by atoms with van der Waals surface area (Å²) in [4.78, 5) is -0.0944. The molecule has 0 atom stereocenters. The Morgan fingerprint density at radius 2 is 1.80 bits per heavy atom. The lowest BCUT2D eigenvalue weighted by Gasteiger charge is -2.12. The zero-order valence-corrected chi connectivity index (χ0v) is 16.2. The van der Waals surface area contributed by atoms with Gasteiger partial charge in [-0.05, 0) is 56.5 Å². The van der Waals surface area contributed by atoms with Crippen molar-refractivity contribution in [1.29, 1.82) is 5.26 Å². The van der Waals surface area contributed by atoms with Crippen molar-refractivity contribution in [3.63, 3.8) is 0 Å². The minimum absolute atomic E-state index is 0.141. The van der Waals surface area contributed by atoms with Crippen LogP contribution in [-0.4, -0.2) is 13.0 Å². The molecule has 5 heteroatoms. The monoisotopic (exact) mass is 356 g/mol. The molecule has 0 spiro atoms. The zero-order chi connectivity index (χ0) is 18.8. The van der Waals surface area contributed by atoms with E-state index in [9.17, 15) is 13.7 Å².